The van der Waals surface area contributed by atoms with E-state index in [1.807, 2.05) is 11.0 Å². The highest BCUT2D eigenvalue weighted by atomic mass is 32.1. The second-order valence-electron chi connectivity index (χ2n) is 7.85. The van der Waals surface area contributed by atoms with Crippen LogP contribution in [-0.2, 0) is 24.2 Å². The number of aryl methyl sites for hydroxylation is 2. The zero-order valence-corrected chi connectivity index (χ0v) is 17.5. The molecule has 0 saturated carbocycles. The fraction of sp³-hybridized carbons (Fsp3) is 0.409. The number of carbonyl (C=O) groups excluding carboxylic acids is 1. The van der Waals surface area contributed by atoms with Crippen LogP contribution < -0.4 is 5.56 Å². The molecule has 1 saturated heterocycles. The molecule has 0 bridgehead atoms. The Morgan fingerprint density at radius 1 is 1.23 bits per heavy atom. The number of nitrogens with zero attached hydrogens (tertiary/aromatic N) is 3. The molecule has 3 aromatic heterocycles. The van der Waals surface area contributed by atoms with Gasteiger partial charge in [-0.3, -0.25) is 14.5 Å². The molecule has 5 rings (SSSR count). The van der Waals surface area contributed by atoms with Gasteiger partial charge < -0.3 is 14.3 Å². The Hall–Kier alpha value is -2.71. The normalized spacial score (nSPS) is 17.7. The van der Waals surface area contributed by atoms with Crippen molar-refractivity contribution in [1.82, 2.24) is 19.8 Å². The molecule has 0 atom stereocenters. The van der Waals surface area contributed by atoms with Crippen molar-refractivity contribution in [3.63, 3.8) is 0 Å². The predicted octanol–water partition coefficient (Wildman–Crippen LogP) is 2.81. The van der Waals surface area contributed by atoms with Crippen molar-refractivity contribution in [1.29, 1.82) is 0 Å². The molecule has 0 spiro atoms. The van der Waals surface area contributed by atoms with Crippen molar-refractivity contribution < 1.29 is 9.21 Å². The molecule has 2 aliphatic rings. The van der Waals surface area contributed by atoms with E-state index in [0.29, 0.717) is 31.2 Å². The van der Waals surface area contributed by atoms with E-state index in [0.717, 1.165) is 42.6 Å². The molecule has 7 nitrogen and oxygen atoms in total. The maximum atomic E-state index is 12.7. The Morgan fingerprint density at radius 2 is 2.07 bits per heavy atom. The Balaban J connectivity index is 1.23. The number of piperazine rings is 1. The Labute approximate surface area is 178 Å². The summed E-state index contributed by atoms with van der Waals surface area (Å²) >= 11 is 1.68. The fourth-order valence-corrected chi connectivity index (χ4v) is 5.55. The number of nitrogens with one attached hydrogen (secondary N) is 1. The highest BCUT2D eigenvalue weighted by molar-refractivity contribution is 7.18. The molecular formula is C22H24N4O3S. The molecule has 1 amide bonds. The van der Waals surface area contributed by atoms with Gasteiger partial charge in [0.1, 0.15) is 16.4 Å². The van der Waals surface area contributed by atoms with E-state index in [1.165, 1.54) is 16.9 Å². The third-order valence-electron chi connectivity index (χ3n) is 5.86. The number of aromatic amines is 1. The molecule has 0 aromatic carbocycles. The summed E-state index contributed by atoms with van der Waals surface area (Å²) < 4.78 is 5.22. The smallest absolute Gasteiger partial charge is 0.259 e. The molecule has 1 N–H and O–H groups in total. The molecule has 0 unspecified atom stereocenters. The lowest BCUT2D eigenvalue weighted by Crippen LogP contribution is -2.48. The van der Waals surface area contributed by atoms with Gasteiger partial charge in [-0.25, -0.2) is 4.98 Å². The lowest BCUT2D eigenvalue weighted by atomic mass is 9.97. The van der Waals surface area contributed by atoms with Gasteiger partial charge in [0, 0.05) is 37.1 Å². The first-order chi connectivity index (χ1) is 14.7. The van der Waals surface area contributed by atoms with Crippen molar-refractivity contribution >= 4 is 33.5 Å². The molecule has 1 aliphatic carbocycles. The first-order valence-electron chi connectivity index (χ1n) is 10.4. The van der Waals surface area contributed by atoms with E-state index < -0.39 is 0 Å². The molecule has 1 fully saturated rings. The van der Waals surface area contributed by atoms with Crippen LogP contribution in [0.4, 0.5) is 0 Å². The van der Waals surface area contributed by atoms with Crippen LogP contribution in [-0.4, -0.2) is 51.9 Å². The monoisotopic (exact) mass is 424 g/mol. The van der Waals surface area contributed by atoms with Crippen LogP contribution >= 0.6 is 11.3 Å². The maximum Gasteiger partial charge on any atom is 0.259 e. The van der Waals surface area contributed by atoms with Crippen LogP contribution in [0.2, 0.25) is 0 Å². The average molecular weight is 425 g/mol. The van der Waals surface area contributed by atoms with Crippen LogP contribution in [0.3, 0.4) is 0 Å². The quantitative estimate of drug-likeness (QED) is 0.652. The van der Waals surface area contributed by atoms with E-state index in [-0.39, 0.29) is 11.5 Å². The number of hydrogen-bond acceptors (Lipinski definition) is 6. The minimum Gasteiger partial charge on any atom is -0.465 e. The summed E-state index contributed by atoms with van der Waals surface area (Å²) in [6, 6.07) is 3.61. The standard InChI is InChI=1S/C22H24N4O3S/c27-19(8-7-15-4-3-13-29-15)26-11-9-25(10-12-26)14-18-23-21(28)20-16-5-1-2-6-17(16)30-22(20)24-18/h3-4,7-8,13H,1-2,5-6,9-12,14H2,(H,23,24,28). The molecule has 0 radical (unpaired) electrons. The van der Waals surface area contributed by atoms with Crippen LogP contribution in [0.1, 0.15) is 34.9 Å². The first-order valence-corrected chi connectivity index (χ1v) is 11.3. The molecule has 3 aromatic rings. The number of H-pyrrole nitrogens is 1. The van der Waals surface area contributed by atoms with E-state index in [2.05, 4.69) is 9.88 Å². The summed E-state index contributed by atoms with van der Waals surface area (Å²) in [5.74, 6) is 1.37. The van der Waals surface area contributed by atoms with Gasteiger partial charge >= 0.3 is 0 Å². The van der Waals surface area contributed by atoms with Crippen molar-refractivity contribution in [2.45, 2.75) is 32.2 Å². The number of thiophene rings is 1. The maximum absolute atomic E-state index is 12.7. The number of carbonyl (C=O) groups is 1. The summed E-state index contributed by atoms with van der Waals surface area (Å²) in [5.41, 5.74) is 1.21. The largest absolute Gasteiger partial charge is 0.465 e. The minimum absolute atomic E-state index is 0.00808. The van der Waals surface area contributed by atoms with E-state index in [9.17, 15) is 9.59 Å². The fourth-order valence-electron chi connectivity index (χ4n) is 4.27. The van der Waals surface area contributed by atoms with Gasteiger partial charge in [0.25, 0.3) is 5.56 Å². The van der Waals surface area contributed by atoms with Crippen LogP contribution in [0.25, 0.3) is 16.3 Å². The van der Waals surface area contributed by atoms with Crippen molar-refractivity contribution in [2.75, 3.05) is 26.2 Å². The first kappa shape index (κ1) is 19.3. The summed E-state index contributed by atoms with van der Waals surface area (Å²) in [4.78, 5) is 39.1. The number of furan rings is 1. The molecule has 1 aliphatic heterocycles. The SMILES string of the molecule is O=C(C=Cc1ccco1)N1CCN(Cc2nc3sc4c(c3c(=O)[nH]2)CCCC4)CC1. The molecule has 4 heterocycles. The van der Waals surface area contributed by atoms with Crippen LogP contribution in [0, 0.1) is 0 Å². The molecule has 8 heteroatoms. The number of rotatable bonds is 4. The number of fused-ring (bicyclic) bond motifs is 3. The van der Waals surface area contributed by atoms with Crippen molar-refractivity contribution in [2.24, 2.45) is 0 Å². The third kappa shape index (κ3) is 3.85. The van der Waals surface area contributed by atoms with Gasteiger partial charge in [-0.2, -0.15) is 0 Å². The zero-order valence-electron chi connectivity index (χ0n) is 16.7. The Kier molecular flexibility index (Phi) is 5.26. The highest BCUT2D eigenvalue weighted by Crippen LogP contribution is 2.33. The van der Waals surface area contributed by atoms with Gasteiger partial charge in [-0.05, 0) is 49.5 Å². The third-order valence-corrected chi connectivity index (χ3v) is 7.05. The topological polar surface area (TPSA) is 82.4 Å². The Bertz CT molecular complexity index is 1140. The molecule has 30 heavy (non-hydrogen) atoms. The molecular weight excluding hydrogens is 400 g/mol. The summed E-state index contributed by atoms with van der Waals surface area (Å²) in [6.07, 6.45) is 9.24. The summed E-state index contributed by atoms with van der Waals surface area (Å²) in [7, 11) is 0. The van der Waals surface area contributed by atoms with Crippen LogP contribution in [0.15, 0.2) is 33.7 Å². The highest BCUT2D eigenvalue weighted by Gasteiger charge is 2.22. The van der Waals surface area contributed by atoms with Gasteiger partial charge in [-0.15, -0.1) is 11.3 Å². The van der Waals surface area contributed by atoms with E-state index >= 15 is 0 Å². The van der Waals surface area contributed by atoms with Crippen LogP contribution in [0.5, 0.6) is 0 Å². The lowest BCUT2D eigenvalue weighted by Gasteiger charge is -2.33. The second-order valence-corrected chi connectivity index (χ2v) is 8.94. The number of hydrogen-bond donors (Lipinski definition) is 1. The minimum atomic E-state index is -0.0110. The van der Waals surface area contributed by atoms with Crippen molar-refractivity contribution in [3.8, 4) is 0 Å². The number of amides is 1. The van der Waals surface area contributed by atoms with Gasteiger partial charge in [0.2, 0.25) is 5.91 Å². The summed E-state index contributed by atoms with van der Waals surface area (Å²) in [5, 5.41) is 0.803. The van der Waals surface area contributed by atoms with E-state index in [1.54, 1.807) is 35.8 Å². The zero-order chi connectivity index (χ0) is 20.5. The van der Waals surface area contributed by atoms with Crippen molar-refractivity contribution in [3.05, 3.63) is 56.9 Å². The Morgan fingerprint density at radius 3 is 2.87 bits per heavy atom. The van der Waals surface area contributed by atoms with E-state index in [4.69, 9.17) is 9.40 Å². The average Bonchev–Trinajstić information content (AvgIpc) is 3.40. The summed E-state index contributed by atoms with van der Waals surface area (Å²) in [6.45, 7) is 3.41. The van der Waals surface area contributed by atoms with Gasteiger partial charge in [0.05, 0.1) is 18.2 Å². The number of aromatic nitrogens is 2. The van der Waals surface area contributed by atoms with Gasteiger partial charge in [-0.1, -0.05) is 0 Å². The van der Waals surface area contributed by atoms with Gasteiger partial charge in [0.15, 0.2) is 0 Å². The molecule has 156 valence electrons. The predicted molar refractivity (Wildman–Crippen MR) is 116 cm³/mol. The lowest BCUT2D eigenvalue weighted by molar-refractivity contribution is -0.127. The second kappa shape index (κ2) is 8.20.